The number of hydrogen-bond acceptors (Lipinski definition) is 5. The van der Waals surface area contributed by atoms with Gasteiger partial charge < -0.3 is 4.90 Å². The molecule has 2 aromatic rings. The molecule has 1 aliphatic heterocycles. The van der Waals surface area contributed by atoms with Crippen LogP contribution in [0.25, 0.3) is 10.2 Å². The summed E-state index contributed by atoms with van der Waals surface area (Å²) in [6.45, 7) is 10.4. The summed E-state index contributed by atoms with van der Waals surface area (Å²) in [5.41, 5.74) is 1.25. The van der Waals surface area contributed by atoms with Gasteiger partial charge in [-0.25, -0.2) is 9.97 Å². The van der Waals surface area contributed by atoms with Crippen molar-refractivity contribution in [3.05, 3.63) is 16.3 Å². The standard InChI is InChI=1S/C19H27N3OS2/c1-5-7-15-20-18(17-13(3)14(4)25-19(17)21-15)24-11-16(23)22-9-6-8-12(2)10-22/h12H,5-11H2,1-4H3/t12-/m1/s1. The Morgan fingerprint density at radius 2 is 2.16 bits per heavy atom. The van der Waals surface area contributed by atoms with E-state index in [9.17, 15) is 4.79 Å². The maximum atomic E-state index is 12.6. The van der Waals surface area contributed by atoms with Crippen molar-refractivity contribution in [2.75, 3.05) is 18.8 Å². The van der Waals surface area contributed by atoms with Gasteiger partial charge in [0.2, 0.25) is 5.91 Å². The van der Waals surface area contributed by atoms with Crippen molar-refractivity contribution in [2.45, 2.75) is 58.4 Å². The minimum absolute atomic E-state index is 0.241. The minimum Gasteiger partial charge on any atom is -0.342 e. The lowest BCUT2D eigenvalue weighted by atomic mass is 10.0. The lowest BCUT2D eigenvalue weighted by molar-refractivity contribution is -0.130. The van der Waals surface area contributed by atoms with Gasteiger partial charge in [0.1, 0.15) is 15.7 Å². The number of hydrogen-bond donors (Lipinski definition) is 0. The fraction of sp³-hybridized carbons (Fsp3) is 0.632. The van der Waals surface area contributed by atoms with Gasteiger partial charge in [-0.15, -0.1) is 11.3 Å². The first-order chi connectivity index (χ1) is 12.0. The third-order valence-corrected chi connectivity index (χ3v) is 6.92. The van der Waals surface area contributed by atoms with Crippen molar-refractivity contribution in [3.63, 3.8) is 0 Å². The molecular formula is C19H27N3OS2. The average molecular weight is 378 g/mol. The quantitative estimate of drug-likeness (QED) is 0.564. The number of aromatic nitrogens is 2. The highest BCUT2D eigenvalue weighted by Crippen LogP contribution is 2.35. The van der Waals surface area contributed by atoms with E-state index in [1.54, 1.807) is 23.1 Å². The number of likely N-dealkylation sites (tertiary alicyclic amines) is 1. The third kappa shape index (κ3) is 4.17. The molecular weight excluding hydrogens is 350 g/mol. The summed E-state index contributed by atoms with van der Waals surface area (Å²) in [7, 11) is 0. The summed E-state index contributed by atoms with van der Waals surface area (Å²) in [5, 5.41) is 2.13. The summed E-state index contributed by atoms with van der Waals surface area (Å²) in [4.78, 5) is 26.5. The van der Waals surface area contributed by atoms with Crippen LogP contribution in [0.5, 0.6) is 0 Å². The first-order valence-electron chi connectivity index (χ1n) is 9.16. The molecule has 0 aliphatic carbocycles. The van der Waals surface area contributed by atoms with E-state index in [1.807, 2.05) is 4.90 Å². The van der Waals surface area contributed by atoms with E-state index in [4.69, 9.17) is 9.97 Å². The van der Waals surface area contributed by atoms with Crippen LogP contribution < -0.4 is 0 Å². The van der Waals surface area contributed by atoms with E-state index in [2.05, 4.69) is 27.7 Å². The van der Waals surface area contributed by atoms with Gasteiger partial charge in [0.05, 0.1) is 5.75 Å². The summed E-state index contributed by atoms with van der Waals surface area (Å²) >= 11 is 3.32. The van der Waals surface area contributed by atoms with Crippen molar-refractivity contribution in [1.29, 1.82) is 0 Å². The molecule has 3 heterocycles. The molecule has 0 N–H and O–H groups in total. The molecule has 1 fully saturated rings. The highest BCUT2D eigenvalue weighted by atomic mass is 32.2. The van der Waals surface area contributed by atoms with E-state index in [0.717, 1.165) is 53.4 Å². The molecule has 1 amide bonds. The highest BCUT2D eigenvalue weighted by Gasteiger charge is 2.22. The second-order valence-corrected chi connectivity index (χ2v) is 9.20. The van der Waals surface area contributed by atoms with Crippen molar-refractivity contribution >= 4 is 39.2 Å². The van der Waals surface area contributed by atoms with Gasteiger partial charge in [0.15, 0.2) is 0 Å². The summed E-state index contributed by atoms with van der Waals surface area (Å²) in [6.07, 6.45) is 4.27. The molecule has 0 spiro atoms. The van der Waals surface area contributed by atoms with Gasteiger partial charge in [-0.1, -0.05) is 25.6 Å². The van der Waals surface area contributed by atoms with E-state index in [1.165, 1.54) is 16.9 Å². The average Bonchev–Trinajstić information content (AvgIpc) is 2.87. The Morgan fingerprint density at radius 3 is 2.88 bits per heavy atom. The zero-order chi connectivity index (χ0) is 18.0. The summed E-state index contributed by atoms with van der Waals surface area (Å²) in [6, 6.07) is 0. The topological polar surface area (TPSA) is 46.1 Å². The van der Waals surface area contributed by atoms with E-state index in [0.29, 0.717) is 11.7 Å². The van der Waals surface area contributed by atoms with Gasteiger partial charge in [-0.2, -0.15) is 0 Å². The molecule has 1 atom stereocenters. The zero-order valence-corrected chi connectivity index (χ0v) is 17.2. The van der Waals surface area contributed by atoms with Crippen LogP contribution >= 0.6 is 23.1 Å². The van der Waals surface area contributed by atoms with Gasteiger partial charge in [0, 0.05) is 29.8 Å². The fourth-order valence-corrected chi connectivity index (χ4v) is 5.45. The van der Waals surface area contributed by atoms with Gasteiger partial charge in [0.25, 0.3) is 0 Å². The molecule has 0 bridgehead atoms. The number of piperidine rings is 1. The molecule has 25 heavy (non-hydrogen) atoms. The Bertz CT molecular complexity index is 772. The Labute approximate surface area is 158 Å². The van der Waals surface area contributed by atoms with Crippen molar-refractivity contribution in [1.82, 2.24) is 14.9 Å². The number of thioether (sulfide) groups is 1. The smallest absolute Gasteiger partial charge is 0.232 e. The maximum Gasteiger partial charge on any atom is 0.232 e. The van der Waals surface area contributed by atoms with Crippen LogP contribution in [0.1, 0.15) is 49.4 Å². The SMILES string of the molecule is CCCc1nc(SCC(=O)N2CCC[C@@H](C)C2)c2c(C)c(C)sc2n1. The number of thiophene rings is 1. The number of fused-ring (bicyclic) bond motifs is 1. The van der Waals surface area contributed by atoms with Gasteiger partial charge in [-0.05, 0) is 44.6 Å². The molecule has 0 saturated carbocycles. The zero-order valence-electron chi connectivity index (χ0n) is 15.6. The van der Waals surface area contributed by atoms with Crippen LogP contribution in [-0.4, -0.2) is 39.6 Å². The molecule has 136 valence electrons. The molecule has 4 nitrogen and oxygen atoms in total. The molecule has 0 radical (unpaired) electrons. The molecule has 1 aliphatic rings. The predicted octanol–water partition coefficient (Wildman–Crippen LogP) is 4.61. The number of carbonyl (C=O) groups excluding carboxylic acids is 1. The van der Waals surface area contributed by atoms with Crippen LogP contribution in [0, 0.1) is 19.8 Å². The Balaban J connectivity index is 1.80. The predicted molar refractivity (Wildman–Crippen MR) is 107 cm³/mol. The number of aryl methyl sites for hydroxylation is 3. The Morgan fingerprint density at radius 1 is 1.36 bits per heavy atom. The van der Waals surface area contributed by atoms with Crippen LogP contribution in [0.3, 0.4) is 0 Å². The fourth-order valence-electron chi connectivity index (χ4n) is 3.33. The van der Waals surface area contributed by atoms with Crippen LogP contribution in [0.2, 0.25) is 0 Å². The lowest BCUT2D eigenvalue weighted by Gasteiger charge is -2.30. The summed E-state index contributed by atoms with van der Waals surface area (Å²) < 4.78 is 0. The normalized spacial score (nSPS) is 18.1. The van der Waals surface area contributed by atoms with Gasteiger partial charge >= 0.3 is 0 Å². The lowest BCUT2D eigenvalue weighted by Crippen LogP contribution is -2.40. The van der Waals surface area contributed by atoms with Crippen molar-refractivity contribution in [2.24, 2.45) is 5.92 Å². The molecule has 2 aromatic heterocycles. The van der Waals surface area contributed by atoms with Crippen LogP contribution in [0.15, 0.2) is 5.03 Å². The molecule has 6 heteroatoms. The molecule has 0 aromatic carbocycles. The number of amides is 1. The number of rotatable bonds is 5. The van der Waals surface area contributed by atoms with Crippen molar-refractivity contribution < 1.29 is 4.79 Å². The third-order valence-electron chi connectivity index (χ3n) is 4.86. The second kappa shape index (κ2) is 8.04. The number of nitrogens with zero attached hydrogens (tertiary/aromatic N) is 3. The highest BCUT2D eigenvalue weighted by molar-refractivity contribution is 8.00. The monoisotopic (exact) mass is 377 g/mol. The second-order valence-electron chi connectivity index (χ2n) is 7.03. The molecule has 1 saturated heterocycles. The van der Waals surface area contributed by atoms with E-state index >= 15 is 0 Å². The Hall–Kier alpha value is -1.14. The number of carbonyl (C=O) groups is 1. The first kappa shape index (κ1) is 18.6. The largest absolute Gasteiger partial charge is 0.342 e. The summed E-state index contributed by atoms with van der Waals surface area (Å²) in [5.74, 6) is 2.23. The molecule has 0 unspecified atom stereocenters. The first-order valence-corrected chi connectivity index (χ1v) is 11.0. The Kier molecular flexibility index (Phi) is 6.00. The van der Waals surface area contributed by atoms with E-state index < -0.39 is 0 Å². The van der Waals surface area contributed by atoms with Crippen molar-refractivity contribution in [3.8, 4) is 0 Å². The van der Waals surface area contributed by atoms with Gasteiger partial charge in [-0.3, -0.25) is 4.79 Å². The maximum absolute atomic E-state index is 12.6. The van der Waals surface area contributed by atoms with E-state index in [-0.39, 0.29) is 5.91 Å². The van der Waals surface area contributed by atoms with Crippen LogP contribution in [-0.2, 0) is 11.2 Å². The minimum atomic E-state index is 0.241. The molecule has 3 rings (SSSR count). The van der Waals surface area contributed by atoms with Crippen LogP contribution in [0.4, 0.5) is 0 Å².